The van der Waals surface area contributed by atoms with Gasteiger partial charge in [0, 0.05) is 17.7 Å². The lowest BCUT2D eigenvalue weighted by Gasteiger charge is -2.24. The van der Waals surface area contributed by atoms with E-state index < -0.39 is 0 Å². The van der Waals surface area contributed by atoms with Crippen LogP contribution in [0.15, 0.2) is 48.5 Å². The summed E-state index contributed by atoms with van der Waals surface area (Å²) in [6, 6.07) is 15.2. The number of nitrogens with zero attached hydrogens (tertiary/aromatic N) is 1. The molecule has 0 radical (unpaired) electrons. The van der Waals surface area contributed by atoms with Crippen LogP contribution in [0, 0.1) is 10.1 Å². The molecule has 5 heteroatoms. The molecule has 2 N–H and O–H groups in total. The van der Waals surface area contributed by atoms with Gasteiger partial charge in [0.05, 0.1) is 11.5 Å². The molecular formula is C17H19N2O3+. The molecule has 0 spiro atoms. The highest BCUT2D eigenvalue weighted by Gasteiger charge is 2.21. The van der Waals surface area contributed by atoms with Gasteiger partial charge in [-0.2, -0.15) is 0 Å². The fourth-order valence-corrected chi connectivity index (χ4v) is 2.87. The van der Waals surface area contributed by atoms with Crippen LogP contribution in [-0.4, -0.2) is 18.1 Å². The summed E-state index contributed by atoms with van der Waals surface area (Å²) in [4.78, 5) is 10.4. The first-order valence-corrected chi connectivity index (χ1v) is 7.48. The molecule has 0 bridgehead atoms. The van der Waals surface area contributed by atoms with E-state index in [1.165, 1.54) is 17.2 Å². The van der Waals surface area contributed by atoms with E-state index in [2.05, 4.69) is 23.5 Å². The number of quaternary nitrogens is 1. The highest BCUT2D eigenvalue weighted by molar-refractivity contribution is 5.34. The summed E-state index contributed by atoms with van der Waals surface area (Å²) in [5.41, 5.74) is 3.73. The Balaban J connectivity index is 1.60. The van der Waals surface area contributed by atoms with E-state index in [4.69, 9.17) is 4.74 Å². The van der Waals surface area contributed by atoms with Crippen molar-refractivity contribution >= 4 is 5.69 Å². The summed E-state index contributed by atoms with van der Waals surface area (Å²) >= 11 is 0. The number of hydrogen-bond acceptors (Lipinski definition) is 3. The fraction of sp³-hybridized carbons (Fsp3) is 0.294. The van der Waals surface area contributed by atoms with Gasteiger partial charge in [-0.3, -0.25) is 10.1 Å². The molecule has 0 aromatic heterocycles. The highest BCUT2D eigenvalue weighted by atomic mass is 16.6. The zero-order valence-corrected chi connectivity index (χ0v) is 12.3. The van der Waals surface area contributed by atoms with Crippen LogP contribution >= 0.6 is 0 Å². The van der Waals surface area contributed by atoms with E-state index in [1.54, 1.807) is 12.1 Å². The third-order valence-corrected chi connectivity index (χ3v) is 3.97. The van der Waals surface area contributed by atoms with Crippen molar-refractivity contribution in [3.63, 3.8) is 0 Å². The van der Waals surface area contributed by atoms with Crippen molar-refractivity contribution in [1.82, 2.24) is 0 Å². The van der Waals surface area contributed by atoms with Crippen molar-refractivity contribution in [3.8, 4) is 0 Å². The van der Waals surface area contributed by atoms with E-state index in [0.717, 1.165) is 25.1 Å². The summed E-state index contributed by atoms with van der Waals surface area (Å²) in [6.07, 6.45) is 1.07. The van der Waals surface area contributed by atoms with Crippen LogP contribution < -0.4 is 5.32 Å². The Morgan fingerprint density at radius 2 is 2.09 bits per heavy atom. The molecule has 0 aliphatic carbocycles. The number of ether oxygens (including phenoxy) is 1. The van der Waals surface area contributed by atoms with Gasteiger partial charge in [0.25, 0.3) is 5.69 Å². The van der Waals surface area contributed by atoms with E-state index in [0.29, 0.717) is 6.54 Å². The molecule has 0 unspecified atom stereocenters. The van der Waals surface area contributed by atoms with Crippen molar-refractivity contribution in [2.24, 2.45) is 0 Å². The third kappa shape index (κ3) is 3.32. The second-order valence-electron chi connectivity index (χ2n) is 5.46. The zero-order valence-electron chi connectivity index (χ0n) is 12.3. The number of hydrogen-bond donors (Lipinski definition) is 1. The molecule has 1 aliphatic rings. The lowest BCUT2D eigenvalue weighted by molar-refractivity contribution is -0.678. The van der Waals surface area contributed by atoms with Crippen molar-refractivity contribution in [2.45, 2.75) is 19.1 Å². The largest absolute Gasteiger partial charge is 0.367 e. The van der Waals surface area contributed by atoms with Crippen molar-refractivity contribution in [1.29, 1.82) is 0 Å². The van der Waals surface area contributed by atoms with E-state index in [-0.39, 0.29) is 16.7 Å². The van der Waals surface area contributed by atoms with Gasteiger partial charge in [0.1, 0.15) is 19.2 Å². The molecule has 0 fully saturated rings. The van der Waals surface area contributed by atoms with Gasteiger partial charge in [0.2, 0.25) is 0 Å². The maximum absolute atomic E-state index is 10.8. The van der Waals surface area contributed by atoms with Gasteiger partial charge in [-0.25, -0.2) is 0 Å². The minimum atomic E-state index is -0.357. The van der Waals surface area contributed by atoms with Crippen LogP contribution in [0.3, 0.4) is 0 Å². The van der Waals surface area contributed by atoms with Gasteiger partial charge >= 0.3 is 0 Å². The molecule has 1 aliphatic heterocycles. The van der Waals surface area contributed by atoms with E-state index in [1.807, 2.05) is 12.1 Å². The van der Waals surface area contributed by atoms with Crippen LogP contribution in [0.4, 0.5) is 5.69 Å². The standard InChI is InChI=1S/C17H18N2O3/c20-19(21)15-6-3-4-13(10-15)11-18-12-17-16-7-2-1-5-14(16)8-9-22-17/h1-7,10,17-18H,8-9,11-12H2/p+1/t17-/m1/s1. The van der Waals surface area contributed by atoms with Gasteiger partial charge in [0.15, 0.2) is 0 Å². The highest BCUT2D eigenvalue weighted by Crippen LogP contribution is 2.25. The number of nitrogens with two attached hydrogens (primary N) is 1. The second-order valence-corrected chi connectivity index (χ2v) is 5.46. The molecule has 0 saturated carbocycles. The summed E-state index contributed by atoms with van der Waals surface area (Å²) in [5, 5.41) is 12.9. The molecule has 5 nitrogen and oxygen atoms in total. The van der Waals surface area contributed by atoms with Gasteiger partial charge in [-0.05, 0) is 17.5 Å². The number of rotatable bonds is 5. The fourth-order valence-electron chi connectivity index (χ4n) is 2.87. The first kappa shape index (κ1) is 14.7. The number of benzene rings is 2. The van der Waals surface area contributed by atoms with Crippen LogP contribution in [-0.2, 0) is 17.7 Å². The quantitative estimate of drug-likeness (QED) is 0.678. The lowest BCUT2D eigenvalue weighted by Crippen LogP contribution is -2.83. The van der Waals surface area contributed by atoms with Gasteiger partial charge < -0.3 is 10.1 Å². The predicted molar refractivity (Wildman–Crippen MR) is 82.4 cm³/mol. The molecule has 1 heterocycles. The Bertz CT molecular complexity index is 672. The van der Waals surface area contributed by atoms with Gasteiger partial charge in [-0.1, -0.05) is 36.4 Å². The zero-order chi connectivity index (χ0) is 15.4. The molecular weight excluding hydrogens is 280 g/mol. The van der Waals surface area contributed by atoms with Crippen LogP contribution in [0.25, 0.3) is 0 Å². The van der Waals surface area contributed by atoms with Crippen molar-refractivity contribution in [3.05, 3.63) is 75.3 Å². The molecule has 2 aromatic rings. The second kappa shape index (κ2) is 6.68. The Kier molecular flexibility index (Phi) is 4.46. The van der Waals surface area contributed by atoms with Gasteiger partial charge in [-0.15, -0.1) is 0 Å². The minimum absolute atomic E-state index is 0.101. The number of nitro groups is 1. The molecule has 2 aromatic carbocycles. The molecule has 0 amide bonds. The molecule has 3 rings (SSSR count). The van der Waals surface area contributed by atoms with E-state index in [9.17, 15) is 10.1 Å². The third-order valence-electron chi connectivity index (χ3n) is 3.97. The summed E-state index contributed by atoms with van der Waals surface area (Å²) in [6.45, 7) is 2.29. The first-order valence-electron chi connectivity index (χ1n) is 7.48. The maximum atomic E-state index is 10.8. The minimum Gasteiger partial charge on any atom is -0.367 e. The molecule has 0 saturated heterocycles. The number of fused-ring (bicyclic) bond motifs is 1. The Labute approximate surface area is 129 Å². The van der Waals surface area contributed by atoms with Crippen LogP contribution in [0.2, 0.25) is 0 Å². The first-order chi connectivity index (χ1) is 10.7. The molecule has 114 valence electrons. The molecule has 22 heavy (non-hydrogen) atoms. The smallest absolute Gasteiger partial charge is 0.269 e. The summed E-state index contributed by atoms with van der Waals surface area (Å²) in [7, 11) is 0. The van der Waals surface area contributed by atoms with Crippen molar-refractivity contribution < 1.29 is 15.0 Å². The van der Waals surface area contributed by atoms with E-state index >= 15 is 0 Å². The van der Waals surface area contributed by atoms with Crippen molar-refractivity contribution in [2.75, 3.05) is 13.2 Å². The lowest BCUT2D eigenvalue weighted by atomic mass is 9.97. The Morgan fingerprint density at radius 1 is 1.23 bits per heavy atom. The normalized spacial score (nSPS) is 17.0. The van der Waals surface area contributed by atoms with Crippen LogP contribution in [0.1, 0.15) is 22.8 Å². The number of nitro benzene ring substituents is 1. The molecule has 1 atom stereocenters. The average molecular weight is 299 g/mol. The predicted octanol–water partition coefficient (Wildman–Crippen LogP) is 1.97. The topological polar surface area (TPSA) is 69.0 Å². The monoisotopic (exact) mass is 299 g/mol. The Hall–Kier alpha value is -2.24. The maximum Gasteiger partial charge on any atom is 0.269 e. The SMILES string of the molecule is O=[N+]([O-])c1cccc(C[NH2+]C[C@H]2OCCc3ccccc32)c1. The van der Waals surface area contributed by atoms with Crippen LogP contribution in [0.5, 0.6) is 0 Å². The summed E-state index contributed by atoms with van der Waals surface area (Å²) in [5.74, 6) is 0. The summed E-state index contributed by atoms with van der Waals surface area (Å²) < 4.78 is 5.86. The average Bonchev–Trinajstić information content (AvgIpc) is 2.55. The number of non-ortho nitro benzene ring substituents is 1. The Morgan fingerprint density at radius 3 is 2.95 bits per heavy atom.